The van der Waals surface area contributed by atoms with Crippen molar-refractivity contribution in [2.45, 2.75) is 12.8 Å². The minimum Gasteiger partial charge on any atom is -0.341 e. The molecule has 1 heterocycles. The van der Waals surface area contributed by atoms with Gasteiger partial charge in [0.2, 0.25) is 0 Å². The highest BCUT2D eigenvalue weighted by Crippen LogP contribution is 2.40. The number of nitrogens with zero attached hydrogens (tertiary/aromatic N) is 2. The van der Waals surface area contributed by atoms with Crippen molar-refractivity contribution >= 4 is 40.0 Å². The van der Waals surface area contributed by atoms with Gasteiger partial charge in [-0.15, -0.1) is 0 Å². The van der Waals surface area contributed by atoms with Gasteiger partial charge in [-0.25, -0.2) is 0 Å². The summed E-state index contributed by atoms with van der Waals surface area (Å²) in [5.41, 5.74) is 7.07. The van der Waals surface area contributed by atoms with Gasteiger partial charge < -0.3 is 9.80 Å². The van der Waals surface area contributed by atoms with Crippen molar-refractivity contribution in [3.8, 4) is 0 Å². The van der Waals surface area contributed by atoms with Crippen molar-refractivity contribution in [2.75, 3.05) is 16.3 Å². The summed E-state index contributed by atoms with van der Waals surface area (Å²) in [5.74, 6) is 0. The van der Waals surface area contributed by atoms with Crippen LogP contribution in [0.2, 0.25) is 5.02 Å². The Hall–Kier alpha value is -3.23. The molecule has 0 saturated heterocycles. The average molecular weight is 411 g/mol. The van der Waals surface area contributed by atoms with E-state index in [0.29, 0.717) is 0 Å². The van der Waals surface area contributed by atoms with Crippen LogP contribution in [-0.4, -0.2) is 6.54 Å². The first kappa shape index (κ1) is 18.8. The third-order valence-corrected chi connectivity index (χ3v) is 5.79. The average Bonchev–Trinajstić information content (AvgIpc) is 2.80. The maximum Gasteiger partial charge on any atom is 0.0497 e. The standard InChI is InChI=1S/C27H23ClN2/c28-22-18-25(29-17-9-11-21-10-7-8-16-27(21)29)20-26(19-22)30(23-12-3-1-4-13-23)24-14-5-2-6-15-24/h1-8,10,12-16,18-20H,9,11,17H2. The largest absolute Gasteiger partial charge is 0.341 e. The van der Waals surface area contributed by atoms with Crippen LogP contribution in [0.4, 0.5) is 28.4 Å². The Labute approximate surface area is 183 Å². The molecular formula is C27H23ClN2. The first-order chi connectivity index (χ1) is 14.8. The molecule has 1 aliphatic rings. The van der Waals surface area contributed by atoms with Gasteiger partial charge in [-0.3, -0.25) is 0 Å². The fourth-order valence-electron chi connectivity index (χ4n) is 4.25. The van der Waals surface area contributed by atoms with E-state index in [-0.39, 0.29) is 0 Å². The van der Waals surface area contributed by atoms with Gasteiger partial charge in [0.25, 0.3) is 0 Å². The van der Waals surface area contributed by atoms with Crippen LogP contribution in [0.5, 0.6) is 0 Å². The summed E-state index contributed by atoms with van der Waals surface area (Å²) in [6.07, 6.45) is 2.26. The predicted molar refractivity (Wildman–Crippen MR) is 128 cm³/mol. The molecule has 5 rings (SSSR count). The molecule has 4 aromatic carbocycles. The number of para-hydroxylation sites is 3. The molecule has 0 spiro atoms. The van der Waals surface area contributed by atoms with Crippen LogP contribution in [0.15, 0.2) is 103 Å². The number of fused-ring (bicyclic) bond motifs is 1. The van der Waals surface area contributed by atoms with Crippen LogP contribution < -0.4 is 9.80 Å². The highest BCUT2D eigenvalue weighted by atomic mass is 35.5. The summed E-state index contributed by atoms with van der Waals surface area (Å²) in [4.78, 5) is 4.65. The van der Waals surface area contributed by atoms with Crippen LogP contribution in [0.1, 0.15) is 12.0 Å². The zero-order chi connectivity index (χ0) is 20.3. The fourth-order valence-corrected chi connectivity index (χ4v) is 4.47. The topological polar surface area (TPSA) is 6.48 Å². The van der Waals surface area contributed by atoms with Crippen molar-refractivity contribution in [2.24, 2.45) is 0 Å². The number of aryl methyl sites for hydroxylation is 1. The Morgan fingerprint density at radius 3 is 2.00 bits per heavy atom. The molecule has 0 N–H and O–H groups in total. The van der Waals surface area contributed by atoms with Crippen LogP contribution in [0.25, 0.3) is 0 Å². The molecule has 0 bridgehead atoms. The Kier molecular flexibility index (Phi) is 5.17. The van der Waals surface area contributed by atoms with E-state index in [1.165, 1.54) is 11.3 Å². The quantitative estimate of drug-likeness (QED) is 0.337. The SMILES string of the molecule is Clc1cc(N2CCCc3ccccc32)cc(N(c2ccccc2)c2ccccc2)c1. The molecular weight excluding hydrogens is 388 g/mol. The van der Waals surface area contributed by atoms with Gasteiger partial charge in [-0.1, -0.05) is 66.2 Å². The predicted octanol–water partition coefficient (Wildman–Crippen LogP) is 7.89. The molecule has 0 amide bonds. The van der Waals surface area contributed by atoms with Crippen molar-refractivity contribution in [1.29, 1.82) is 0 Å². The number of halogens is 1. The zero-order valence-electron chi connectivity index (χ0n) is 16.7. The summed E-state index contributed by atoms with van der Waals surface area (Å²) in [5, 5.41) is 0.738. The number of rotatable bonds is 4. The van der Waals surface area contributed by atoms with Crippen molar-refractivity contribution < 1.29 is 0 Å². The summed E-state index contributed by atoms with van der Waals surface area (Å²) < 4.78 is 0. The minimum atomic E-state index is 0.738. The summed E-state index contributed by atoms with van der Waals surface area (Å²) in [6, 6.07) is 35.9. The molecule has 4 aromatic rings. The maximum absolute atomic E-state index is 6.66. The third-order valence-electron chi connectivity index (χ3n) is 5.58. The van der Waals surface area contributed by atoms with Gasteiger partial charge in [0.05, 0.1) is 0 Å². The second kappa shape index (κ2) is 8.25. The van der Waals surface area contributed by atoms with E-state index in [0.717, 1.165) is 47.2 Å². The lowest BCUT2D eigenvalue weighted by atomic mass is 10.0. The van der Waals surface area contributed by atoms with Gasteiger partial charge in [-0.2, -0.15) is 0 Å². The van der Waals surface area contributed by atoms with E-state index < -0.39 is 0 Å². The summed E-state index contributed by atoms with van der Waals surface area (Å²) in [7, 11) is 0. The highest BCUT2D eigenvalue weighted by Gasteiger charge is 2.20. The molecule has 0 saturated carbocycles. The third kappa shape index (κ3) is 3.67. The molecule has 148 valence electrons. The first-order valence-electron chi connectivity index (χ1n) is 10.4. The number of anilines is 5. The van der Waals surface area contributed by atoms with Crippen LogP contribution in [0.3, 0.4) is 0 Å². The van der Waals surface area contributed by atoms with Crippen molar-refractivity contribution in [3.63, 3.8) is 0 Å². The lowest BCUT2D eigenvalue weighted by molar-refractivity contribution is 0.767. The van der Waals surface area contributed by atoms with Crippen LogP contribution in [0, 0.1) is 0 Å². The van der Waals surface area contributed by atoms with Gasteiger partial charge in [0.1, 0.15) is 0 Å². The highest BCUT2D eigenvalue weighted by molar-refractivity contribution is 6.31. The number of hydrogen-bond donors (Lipinski definition) is 0. The number of benzene rings is 4. The zero-order valence-corrected chi connectivity index (χ0v) is 17.5. The van der Waals surface area contributed by atoms with Crippen molar-refractivity contribution in [3.05, 3.63) is 114 Å². The Balaban J connectivity index is 1.64. The Morgan fingerprint density at radius 2 is 1.30 bits per heavy atom. The first-order valence-corrected chi connectivity index (χ1v) is 10.7. The van der Waals surface area contributed by atoms with Gasteiger partial charge >= 0.3 is 0 Å². The van der Waals surface area contributed by atoms with Gasteiger partial charge in [0, 0.05) is 40.0 Å². The van der Waals surface area contributed by atoms with Crippen LogP contribution in [-0.2, 0) is 6.42 Å². The lowest BCUT2D eigenvalue weighted by Crippen LogP contribution is -2.24. The van der Waals surface area contributed by atoms with Crippen LogP contribution >= 0.6 is 11.6 Å². The molecule has 30 heavy (non-hydrogen) atoms. The van der Waals surface area contributed by atoms with E-state index in [1.807, 2.05) is 18.2 Å². The molecule has 0 aliphatic carbocycles. The van der Waals surface area contributed by atoms with E-state index in [4.69, 9.17) is 11.6 Å². The lowest BCUT2D eigenvalue weighted by Gasteiger charge is -2.33. The molecule has 1 aliphatic heterocycles. The molecule has 0 unspecified atom stereocenters. The minimum absolute atomic E-state index is 0.738. The van der Waals surface area contributed by atoms with E-state index >= 15 is 0 Å². The molecule has 0 aromatic heterocycles. The Morgan fingerprint density at radius 1 is 0.667 bits per heavy atom. The summed E-state index contributed by atoms with van der Waals surface area (Å²) >= 11 is 6.66. The van der Waals surface area contributed by atoms with E-state index in [9.17, 15) is 0 Å². The van der Waals surface area contributed by atoms with Gasteiger partial charge in [0.15, 0.2) is 0 Å². The smallest absolute Gasteiger partial charge is 0.0497 e. The number of hydrogen-bond acceptors (Lipinski definition) is 2. The molecule has 0 radical (unpaired) electrons. The molecule has 0 atom stereocenters. The molecule has 0 fully saturated rings. The summed E-state index contributed by atoms with van der Waals surface area (Å²) in [6.45, 7) is 0.994. The molecule has 2 nitrogen and oxygen atoms in total. The van der Waals surface area contributed by atoms with E-state index in [2.05, 4.69) is 94.7 Å². The maximum atomic E-state index is 6.66. The van der Waals surface area contributed by atoms with E-state index in [1.54, 1.807) is 0 Å². The monoisotopic (exact) mass is 410 g/mol. The Bertz CT molecular complexity index is 1100. The fraction of sp³-hybridized carbons (Fsp3) is 0.111. The second-order valence-electron chi connectivity index (χ2n) is 7.56. The van der Waals surface area contributed by atoms with Crippen molar-refractivity contribution in [1.82, 2.24) is 0 Å². The normalized spacial score (nSPS) is 13.0. The van der Waals surface area contributed by atoms with Gasteiger partial charge in [-0.05, 0) is 66.9 Å². The molecule has 3 heteroatoms. The second-order valence-corrected chi connectivity index (χ2v) is 7.99.